The highest BCUT2D eigenvalue weighted by atomic mass is 35.5. The van der Waals surface area contributed by atoms with Gasteiger partial charge in [-0.3, -0.25) is 4.90 Å². The Balaban J connectivity index is 1.85. The number of aromatic nitrogens is 2. The molecule has 1 heterocycles. The second-order valence-corrected chi connectivity index (χ2v) is 7.61. The number of halogens is 2. The summed E-state index contributed by atoms with van der Waals surface area (Å²) in [6, 6.07) is 14.7. The molecule has 3 aromatic rings. The highest BCUT2D eigenvalue weighted by molar-refractivity contribution is 6.30. The van der Waals surface area contributed by atoms with Gasteiger partial charge in [0.2, 0.25) is 0 Å². The van der Waals surface area contributed by atoms with Crippen LogP contribution in [-0.4, -0.2) is 33.3 Å². The third-order valence-corrected chi connectivity index (χ3v) is 5.19. The summed E-state index contributed by atoms with van der Waals surface area (Å²) in [6.07, 6.45) is 3.88. The van der Waals surface area contributed by atoms with Crippen LogP contribution < -0.4 is 5.32 Å². The van der Waals surface area contributed by atoms with E-state index in [2.05, 4.69) is 34.3 Å². The first-order chi connectivity index (χ1) is 14.5. The van der Waals surface area contributed by atoms with E-state index in [-0.39, 0.29) is 5.75 Å². The number of anilines is 2. The van der Waals surface area contributed by atoms with Crippen molar-refractivity contribution in [3.8, 4) is 5.75 Å². The number of aromatic hydroxyl groups is 1. The fraction of sp³-hybridized carbons (Fsp3) is 0.217. The molecule has 0 aliphatic carbocycles. The smallest absolute Gasteiger partial charge is 0.160 e. The first-order valence-corrected chi connectivity index (χ1v) is 10.5. The van der Waals surface area contributed by atoms with Crippen molar-refractivity contribution in [3.05, 3.63) is 75.4 Å². The van der Waals surface area contributed by atoms with E-state index in [9.17, 15) is 5.11 Å². The van der Waals surface area contributed by atoms with Crippen LogP contribution in [0.15, 0.2) is 48.5 Å². The molecule has 0 bridgehead atoms. The monoisotopic (exact) mass is 442 g/mol. The molecule has 5 nitrogen and oxygen atoms in total. The number of rotatable bonds is 8. The maximum atomic E-state index is 10.2. The molecule has 30 heavy (non-hydrogen) atoms. The van der Waals surface area contributed by atoms with Crippen LogP contribution in [0, 0.1) is 0 Å². The van der Waals surface area contributed by atoms with Crippen LogP contribution in [0.3, 0.4) is 0 Å². The molecule has 1 aromatic heterocycles. The van der Waals surface area contributed by atoms with Crippen molar-refractivity contribution in [3.63, 3.8) is 0 Å². The maximum Gasteiger partial charge on any atom is 0.160 e. The van der Waals surface area contributed by atoms with E-state index in [0.717, 1.165) is 35.5 Å². The van der Waals surface area contributed by atoms with E-state index in [1.54, 1.807) is 12.1 Å². The summed E-state index contributed by atoms with van der Waals surface area (Å²) in [5.41, 5.74) is 3.46. The van der Waals surface area contributed by atoms with Crippen molar-refractivity contribution < 1.29 is 5.11 Å². The minimum Gasteiger partial charge on any atom is -0.508 e. The van der Waals surface area contributed by atoms with Crippen LogP contribution in [0.4, 0.5) is 11.5 Å². The van der Waals surface area contributed by atoms with E-state index in [1.807, 2.05) is 48.6 Å². The molecule has 0 atom stereocenters. The predicted molar refractivity (Wildman–Crippen MR) is 125 cm³/mol. The predicted octanol–water partition coefficient (Wildman–Crippen LogP) is 6.24. The molecule has 0 unspecified atom stereocenters. The van der Waals surface area contributed by atoms with Crippen molar-refractivity contribution in [2.45, 2.75) is 20.4 Å². The van der Waals surface area contributed by atoms with Crippen molar-refractivity contribution in [2.75, 3.05) is 18.4 Å². The van der Waals surface area contributed by atoms with Crippen LogP contribution in [0.2, 0.25) is 10.2 Å². The quantitative estimate of drug-likeness (QED) is 0.403. The summed E-state index contributed by atoms with van der Waals surface area (Å²) in [4.78, 5) is 2.24. The third-order valence-electron chi connectivity index (χ3n) is 4.75. The second-order valence-electron chi connectivity index (χ2n) is 6.79. The van der Waals surface area contributed by atoms with Crippen molar-refractivity contribution in [1.82, 2.24) is 15.1 Å². The zero-order valence-corrected chi connectivity index (χ0v) is 18.5. The zero-order valence-electron chi connectivity index (χ0n) is 16.9. The lowest BCUT2D eigenvalue weighted by atomic mass is 10.1. The van der Waals surface area contributed by atoms with Gasteiger partial charge < -0.3 is 10.4 Å². The van der Waals surface area contributed by atoms with E-state index >= 15 is 0 Å². The molecule has 0 radical (unpaired) electrons. The van der Waals surface area contributed by atoms with Gasteiger partial charge in [-0.1, -0.05) is 61.3 Å². The Kier molecular flexibility index (Phi) is 7.69. The fourth-order valence-corrected chi connectivity index (χ4v) is 3.26. The summed E-state index contributed by atoms with van der Waals surface area (Å²) in [7, 11) is 0. The first kappa shape index (κ1) is 22.1. The number of phenolic OH excluding ortho intramolecular Hbond substituents is 1. The number of hydrogen-bond donors (Lipinski definition) is 2. The highest BCUT2D eigenvalue weighted by Gasteiger charge is 2.10. The molecule has 7 heteroatoms. The Morgan fingerprint density at radius 1 is 0.967 bits per heavy atom. The Morgan fingerprint density at radius 2 is 1.70 bits per heavy atom. The Morgan fingerprint density at radius 3 is 2.40 bits per heavy atom. The molecule has 0 spiro atoms. The van der Waals surface area contributed by atoms with E-state index in [0.29, 0.717) is 22.5 Å². The molecule has 0 saturated carbocycles. The Labute approximate surface area is 187 Å². The van der Waals surface area contributed by atoms with Crippen molar-refractivity contribution in [1.29, 1.82) is 0 Å². The van der Waals surface area contributed by atoms with E-state index in [4.69, 9.17) is 23.2 Å². The molecule has 2 N–H and O–H groups in total. The summed E-state index contributed by atoms with van der Waals surface area (Å²) in [5, 5.41) is 22.7. The topological polar surface area (TPSA) is 61.3 Å². The maximum absolute atomic E-state index is 10.2. The number of hydrogen-bond acceptors (Lipinski definition) is 5. The standard InChI is InChI=1S/C23H24Cl2N4O/c1-3-29(4-2)15-18-13-20(11-12-21(18)30)26-23-17(14-22(25)27-28-23)8-5-16-6-9-19(24)10-7-16/h5-14,30H,3-4,15H2,1-2H3,(H,26,28)/b8-5-. The second kappa shape index (κ2) is 10.4. The third kappa shape index (κ3) is 5.95. The summed E-state index contributed by atoms with van der Waals surface area (Å²) in [5.74, 6) is 0.849. The van der Waals surface area contributed by atoms with Crippen molar-refractivity contribution in [2.24, 2.45) is 0 Å². The fourth-order valence-electron chi connectivity index (χ4n) is 2.98. The van der Waals surface area contributed by atoms with Gasteiger partial charge in [0.25, 0.3) is 0 Å². The lowest BCUT2D eigenvalue weighted by molar-refractivity contribution is 0.291. The summed E-state index contributed by atoms with van der Waals surface area (Å²) >= 11 is 12.0. The van der Waals surface area contributed by atoms with Crippen LogP contribution >= 0.6 is 23.2 Å². The van der Waals surface area contributed by atoms with Gasteiger partial charge in [0.15, 0.2) is 11.0 Å². The molecule has 0 fully saturated rings. The van der Waals surface area contributed by atoms with Gasteiger partial charge >= 0.3 is 0 Å². The van der Waals surface area contributed by atoms with Gasteiger partial charge in [-0.15, -0.1) is 10.2 Å². The van der Waals surface area contributed by atoms with Gasteiger partial charge in [-0.25, -0.2) is 0 Å². The van der Waals surface area contributed by atoms with Crippen LogP contribution in [0.25, 0.3) is 12.2 Å². The number of phenols is 1. The molecule has 2 aromatic carbocycles. The minimum atomic E-state index is 0.275. The van der Waals surface area contributed by atoms with Crippen LogP contribution in [0.1, 0.15) is 30.5 Å². The molecule has 3 rings (SSSR count). The van der Waals surface area contributed by atoms with Crippen LogP contribution in [-0.2, 0) is 6.54 Å². The lowest BCUT2D eigenvalue weighted by Crippen LogP contribution is -2.22. The van der Waals surface area contributed by atoms with E-state index in [1.165, 1.54) is 0 Å². The number of nitrogens with zero attached hydrogens (tertiary/aromatic N) is 3. The van der Waals surface area contributed by atoms with Gasteiger partial charge in [0.05, 0.1) is 0 Å². The molecular formula is C23H24Cl2N4O. The average molecular weight is 443 g/mol. The molecule has 0 saturated heterocycles. The van der Waals surface area contributed by atoms with Gasteiger partial charge in [-0.05, 0) is 55.1 Å². The van der Waals surface area contributed by atoms with Crippen molar-refractivity contribution >= 4 is 46.9 Å². The number of benzene rings is 2. The molecule has 0 aliphatic heterocycles. The lowest BCUT2D eigenvalue weighted by Gasteiger charge is -2.19. The minimum absolute atomic E-state index is 0.275. The van der Waals surface area contributed by atoms with Gasteiger partial charge in [-0.2, -0.15) is 0 Å². The zero-order chi connectivity index (χ0) is 21.5. The van der Waals surface area contributed by atoms with Gasteiger partial charge in [0, 0.05) is 28.4 Å². The largest absolute Gasteiger partial charge is 0.508 e. The molecule has 0 aliphatic rings. The normalized spacial score (nSPS) is 11.4. The summed E-state index contributed by atoms with van der Waals surface area (Å²) in [6.45, 7) is 6.70. The molecule has 0 amide bonds. The molecule has 156 valence electrons. The van der Waals surface area contributed by atoms with E-state index < -0.39 is 0 Å². The first-order valence-electron chi connectivity index (χ1n) is 9.76. The molecular weight excluding hydrogens is 419 g/mol. The Bertz CT molecular complexity index is 1020. The SMILES string of the molecule is CCN(CC)Cc1cc(Nc2nnc(Cl)cc2/C=C\c2ccc(Cl)cc2)ccc1O. The average Bonchev–Trinajstić information content (AvgIpc) is 2.75. The summed E-state index contributed by atoms with van der Waals surface area (Å²) < 4.78 is 0. The Hall–Kier alpha value is -2.60. The number of nitrogens with one attached hydrogen (secondary N) is 1. The van der Waals surface area contributed by atoms with Crippen LogP contribution in [0.5, 0.6) is 5.75 Å². The highest BCUT2D eigenvalue weighted by Crippen LogP contribution is 2.27. The van der Waals surface area contributed by atoms with Gasteiger partial charge in [0.1, 0.15) is 5.75 Å².